The van der Waals surface area contributed by atoms with E-state index in [0.29, 0.717) is 17.1 Å². The Bertz CT molecular complexity index is 1480. The molecule has 0 saturated carbocycles. The number of nitrogens with one attached hydrogen (secondary N) is 1. The summed E-state index contributed by atoms with van der Waals surface area (Å²) in [6.07, 6.45) is -1.00. The monoisotopic (exact) mass is 639 g/mol. The molecule has 0 spiro atoms. The number of carbonyl (C=O) groups is 2. The number of anilines is 2. The Balaban J connectivity index is 1.88. The number of nitrogen functional groups attached to an aromatic ring is 1. The van der Waals surface area contributed by atoms with E-state index in [9.17, 15) is 23.1 Å². The third kappa shape index (κ3) is 10.5. The fraction of sp³-hybridized carbons (Fsp3) is 0.394. The van der Waals surface area contributed by atoms with E-state index >= 15 is 0 Å². The number of carbonyl (C=O) groups excluding carboxylic acids is 2. The molecule has 0 heterocycles. The molecule has 0 saturated heterocycles. The van der Waals surface area contributed by atoms with Crippen LogP contribution >= 0.6 is 0 Å². The predicted molar refractivity (Wildman–Crippen MR) is 176 cm³/mol. The molecule has 0 aromatic heterocycles. The molecular formula is C33H45N5O6S. The van der Waals surface area contributed by atoms with Crippen LogP contribution in [-0.4, -0.2) is 94.1 Å². The summed E-state index contributed by atoms with van der Waals surface area (Å²) in [5.74, 6) is -0.0333. The van der Waals surface area contributed by atoms with Crippen LogP contribution in [0.5, 0.6) is 5.75 Å². The van der Waals surface area contributed by atoms with E-state index in [-0.39, 0.29) is 49.3 Å². The quantitative estimate of drug-likeness (QED) is 0.203. The number of methoxy groups -OCH3 is 1. The number of hydrogen-bond acceptors (Lipinski definition) is 8. The summed E-state index contributed by atoms with van der Waals surface area (Å²) in [5.41, 5.74) is 7.70. The molecule has 2 atom stereocenters. The number of ether oxygens (including phenoxy) is 1. The standard InChI is InChI=1S/C33H45N5O6S/c1-24(2)20-38(45(42,43)29-17-11-26(34)12-18-29)21-31(39)30(19-25-9-7-6-8-10-25)35-32(40)22-37(23-33(41)36(3)4)27-13-15-28(44-5)16-14-27/h6-18,24,30-31,39H,19-23,34H2,1-5H3,(H,35,40)/t30-,31+/m0/s1. The lowest BCUT2D eigenvalue weighted by atomic mass is 10.0. The van der Waals surface area contributed by atoms with Crippen LogP contribution in [0.3, 0.4) is 0 Å². The summed E-state index contributed by atoms with van der Waals surface area (Å²) in [4.78, 5) is 29.4. The molecule has 3 rings (SSSR count). The molecule has 45 heavy (non-hydrogen) atoms. The van der Waals surface area contributed by atoms with E-state index < -0.39 is 28.1 Å². The van der Waals surface area contributed by atoms with Gasteiger partial charge in [0.2, 0.25) is 21.8 Å². The number of amides is 2. The SMILES string of the molecule is COc1ccc(N(CC(=O)N[C@@H](Cc2ccccc2)[C@H](O)CN(CC(C)C)S(=O)(=O)c2ccc(N)cc2)CC(=O)N(C)C)cc1. The topological polar surface area (TPSA) is 146 Å². The van der Waals surface area contributed by atoms with Gasteiger partial charge >= 0.3 is 0 Å². The van der Waals surface area contributed by atoms with Crippen molar-refractivity contribution in [3.8, 4) is 5.75 Å². The van der Waals surface area contributed by atoms with Gasteiger partial charge in [0.1, 0.15) is 5.75 Å². The fourth-order valence-electron chi connectivity index (χ4n) is 4.72. The number of aliphatic hydroxyl groups excluding tert-OH is 1. The Labute approximate surface area is 266 Å². The van der Waals surface area contributed by atoms with E-state index in [0.717, 1.165) is 5.56 Å². The number of rotatable bonds is 16. The van der Waals surface area contributed by atoms with Crippen LogP contribution in [0.4, 0.5) is 11.4 Å². The van der Waals surface area contributed by atoms with Crippen molar-refractivity contribution < 1.29 is 27.9 Å². The van der Waals surface area contributed by atoms with Crippen LogP contribution in [0.1, 0.15) is 19.4 Å². The van der Waals surface area contributed by atoms with Gasteiger partial charge in [0.25, 0.3) is 0 Å². The molecule has 0 radical (unpaired) electrons. The average Bonchev–Trinajstić information content (AvgIpc) is 3.00. The average molecular weight is 640 g/mol. The van der Waals surface area contributed by atoms with Gasteiger partial charge in [0, 0.05) is 38.6 Å². The Morgan fingerprint density at radius 1 is 0.911 bits per heavy atom. The molecule has 0 aliphatic rings. The van der Waals surface area contributed by atoms with E-state index in [2.05, 4.69) is 5.32 Å². The molecule has 0 bridgehead atoms. The van der Waals surface area contributed by atoms with Gasteiger partial charge in [-0.25, -0.2) is 8.42 Å². The summed E-state index contributed by atoms with van der Waals surface area (Å²) in [7, 11) is 0.854. The lowest BCUT2D eigenvalue weighted by Crippen LogP contribution is -2.53. The highest BCUT2D eigenvalue weighted by Gasteiger charge is 2.31. The largest absolute Gasteiger partial charge is 0.497 e. The Hall–Kier alpha value is -4.13. The van der Waals surface area contributed by atoms with Crippen molar-refractivity contribution in [3.63, 3.8) is 0 Å². The third-order valence-corrected chi connectivity index (χ3v) is 9.03. The highest BCUT2D eigenvalue weighted by atomic mass is 32.2. The molecule has 0 unspecified atom stereocenters. The van der Waals surface area contributed by atoms with Crippen molar-refractivity contribution in [2.45, 2.75) is 37.3 Å². The van der Waals surface area contributed by atoms with Crippen LogP contribution in [0, 0.1) is 5.92 Å². The van der Waals surface area contributed by atoms with Gasteiger partial charge in [0.05, 0.1) is 37.2 Å². The second kappa shape index (κ2) is 16.3. The molecule has 4 N–H and O–H groups in total. The van der Waals surface area contributed by atoms with Gasteiger partial charge in [-0.05, 0) is 66.4 Å². The molecule has 12 heteroatoms. The number of sulfonamides is 1. The highest BCUT2D eigenvalue weighted by molar-refractivity contribution is 7.89. The predicted octanol–water partition coefficient (Wildman–Crippen LogP) is 2.61. The van der Waals surface area contributed by atoms with Crippen molar-refractivity contribution >= 4 is 33.2 Å². The minimum absolute atomic E-state index is 0.0322. The minimum Gasteiger partial charge on any atom is -0.497 e. The van der Waals surface area contributed by atoms with Gasteiger partial charge in [0.15, 0.2) is 0 Å². The Morgan fingerprint density at radius 3 is 2.09 bits per heavy atom. The van der Waals surface area contributed by atoms with Crippen molar-refractivity contribution in [1.29, 1.82) is 0 Å². The zero-order valence-corrected chi connectivity index (χ0v) is 27.4. The Morgan fingerprint density at radius 2 is 1.53 bits per heavy atom. The summed E-state index contributed by atoms with van der Waals surface area (Å²) >= 11 is 0. The molecule has 3 aromatic carbocycles. The maximum Gasteiger partial charge on any atom is 0.243 e. The van der Waals surface area contributed by atoms with Crippen molar-refractivity contribution in [2.75, 3.05) is 58.0 Å². The first-order valence-electron chi connectivity index (χ1n) is 14.8. The number of nitrogens with zero attached hydrogens (tertiary/aromatic N) is 3. The van der Waals surface area contributed by atoms with Gasteiger partial charge < -0.3 is 30.7 Å². The van der Waals surface area contributed by atoms with Crippen LogP contribution in [0.25, 0.3) is 0 Å². The van der Waals surface area contributed by atoms with Crippen LogP contribution < -0.4 is 20.7 Å². The van der Waals surface area contributed by atoms with Gasteiger partial charge in [-0.2, -0.15) is 4.31 Å². The summed E-state index contributed by atoms with van der Waals surface area (Å²) in [6, 6.07) is 21.4. The summed E-state index contributed by atoms with van der Waals surface area (Å²) in [5, 5.41) is 14.5. The third-order valence-electron chi connectivity index (χ3n) is 7.18. The summed E-state index contributed by atoms with van der Waals surface area (Å²) < 4.78 is 33.8. The highest BCUT2D eigenvalue weighted by Crippen LogP contribution is 2.21. The molecule has 11 nitrogen and oxygen atoms in total. The van der Waals surface area contributed by atoms with Gasteiger partial charge in [-0.1, -0.05) is 44.2 Å². The lowest BCUT2D eigenvalue weighted by molar-refractivity contribution is -0.127. The first kappa shape index (κ1) is 35.4. The van der Waals surface area contributed by atoms with Crippen LogP contribution in [0.15, 0.2) is 83.8 Å². The van der Waals surface area contributed by atoms with E-state index in [1.807, 2.05) is 44.2 Å². The smallest absolute Gasteiger partial charge is 0.243 e. The maximum atomic E-state index is 13.7. The normalized spacial score (nSPS) is 12.9. The number of hydrogen-bond donors (Lipinski definition) is 3. The zero-order valence-electron chi connectivity index (χ0n) is 26.6. The van der Waals surface area contributed by atoms with Crippen molar-refractivity contribution in [2.24, 2.45) is 5.92 Å². The number of nitrogens with two attached hydrogens (primary N) is 1. The molecule has 0 aliphatic carbocycles. The van der Waals surface area contributed by atoms with Crippen LogP contribution in [-0.2, 0) is 26.0 Å². The maximum absolute atomic E-state index is 13.7. The minimum atomic E-state index is -3.98. The van der Waals surface area contributed by atoms with E-state index in [1.165, 1.54) is 33.5 Å². The first-order chi connectivity index (χ1) is 21.3. The number of aliphatic hydroxyl groups is 1. The van der Waals surface area contributed by atoms with E-state index in [4.69, 9.17) is 10.5 Å². The van der Waals surface area contributed by atoms with Gasteiger partial charge in [-0.15, -0.1) is 0 Å². The van der Waals surface area contributed by atoms with Gasteiger partial charge in [-0.3, -0.25) is 9.59 Å². The summed E-state index contributed by atoms with van der Waals surface area (Å²) in [6.45, 7) is 3.47. The Kier molecular flexibility index (Phi) is 12.8. The molecule has 244 valence electrons. The first-order valence-corrected chi connectivity index (χ1v) is 16.2. The molecule has 0 fully saturated rings. The molecule has 2 amide bonds. The van der Waals surface area contributed by atoms with Crippen molar-refractivity contribution in [3.05, 3.63) is 84.4 Å². The second-order valence-electron chi connectivity index (χ2n) is 11.6. The molecule has 0 aliphatic heterocycles. The zero-order chi connectivity index (χ0) is 33.1. The fourth-order valence-corrected chi connectivity index (χ4v) is 6.34. The number of likely N-dealkylation sites (N-methyl/N-ethyl adjacent to an activating group) is 1. The molecule has 3 aromatic rings. The molecular weight excluding hydrogens is 594 g/mol. The second-order valence-corrected chi connectivity index (χ2v) is 13.5. The van der Waals surface area contributed by atoms with Crippen molar-refractivity contribution in [1.82, 2.24) is 14.5 Å². The van der Waals surface area contributed by atoms with E-state index in [1.54, 1.807) is 50.4 Å². The number of benzene rings is 3. The van der Waals surface area contributed by atoms with Crippen LogP contribution in [0.2, 0.25) is 0 Å². The lowest BCUT2D eigenvalue weighted by Gasteiger charge is -2.32.